The lowest BCUT2D eigenvalue weighted by Crippen LogP contribution is -1.73. The highest BCUT2D eigenvalue weighted by Crippen LogP contribution is 2.10. The zero-order valence-electron chi connectivity index (χ0n) is 5.03. The van der Waals surface area contributed by atoms with E-state index in [0.29, 0.717) is 0 Å². The second-order valence-electron chi connectivity index (χ2n) is 1.66. The summed E-state index contributed by atoms with van der Waals surface area (Å²) in [7, 11) is 0. The molecular formula is C6H8ClNO. The molecule has 1 N–H and O–H groups in total. The largest absolute Gasteiger partial charge is 0.506 e. The molecule has 0 radical (unpaired) electrons. The summed E-state index contributed by atoms with van der Waals surface area (Å²) < 4.78 is 0. The van der Waals surface area contributed by atoms with Crippen LogP contribution in [-0.2, 0) is 0 Å². The first-order chi connectivity index (χ1) is 3.80. The first-order valence-electron chi connectivity index (χ1n) is 2.40. The molecule has 1 heterocycles. The van der Waals surface area contributed by atoms with Gasteiger partial charge in [0.2, 0.25) is 0 Å². The van der Waals surface area contributed by atoms with Crippen molar-refractivity contribution in [2.45, 2.75) is 6.92 Å². The lowest BCUT2D eigenvalue weighted by Gasteiger charge is -1.91. The Bertz CT molecular complexity index is 169. The van der Waals surface area contributed by atoms with Crippen LogP contribution in [0.5, 0.6) is 5.75 Å². The topological polar surface area (TPSA) is 33.1 Å². The summed E-state index contributed by atoms with van der Waals surface area (Å²) in [6.07, 6.45) is 3.07. The van der Waals surface area contributed by atoms with Crippen molar-refractivity contribution in [2.24, 2.45) is 0 Å². The molecule has 0 aliphatic heterocycles. The minimum absolute atomic E-state index is 0. The quantitative estimate of drug-likeness (QED) is 0.601. The molecule has 0 amide bonds. The number of aryl methyl sites for hydroxylation is 1. The van der Waals surface area contributed by atoms with Crippen LogP contribution in [0.3, 0.4) is 0 Å². The highest BCUT2D eigenvalue weighted by atomic mass is 35.5. The molecule has 0 bridgehead atoms. The number of hydrogen-bond donors (Lipinski definition) is 1. The van der Waals surface area contributed by atoms with Gasteiger partial charge in [-0.25, -0.2) is 0 Å². The SMILES string of the molecule is Cc1ccncc1O.Cl. The van der Waals surface area contributed by atoms with E-state index in [0.717, 1.165) is 5.56 Å². The van der Waals surface area contributed by atoms with E-state index in [1.54, 1.807) is 12.3 Å². The smallest absolute Gasteiger partial charge is 0.136 e. The predicted molar refractivity (Wildman–Crippen MR) is 37.9 cm³/mol. The highest BCUT2D eigenvalue weighted by molar-refractivity contribution is 5.85. The maximum Gasteiger partial charge on any atom is 0.136 e. The fourth-order valence-corrected chi connectivity index (χ4v) is 0.456. The van der Waals surface area contributed by atoms with Gasteiger partial charge in [0, 0.05) is 6.20 Å². The predicted octanol–water partition coefficient (Wildman–Crippen LogP) is 1.52. The highest BCUT2D eigenvalue weighted by Gasteiger charge is 1.88. The zero-order chi connectivity index (χ0) is 5.98. The molecule has 0 fully saturated rings. The van der Waals surface area contributed by atoms with Gasteiger partial charge in [0.15, 0.2) is 0 Å². The number of aromatic hydroxyl groups is 1. The average molecular weight is 146 g/mol. The lowest BCUT2D eigenvalue weighted by molar-refractivity contribution is 0.468. The van der Waals surface area contributed by atoms with Crippen molar-refractivity contribution < 1.29 is 5.11 Å². The Morgan fingerprint density at radius 3 is 2.56 bits per heavy atom. The third-order valence-corrected chi connectivity index (χ3v) is 1.01. The van der Waals surface area contributed by atoms with E-state index >= 15 is 0 Å². The monoisotopic (exact) mass is 145 g/mol. The maximum atomic E-state index is 8.86. The number of nitrogens with zero attached hydrogens (tertiary/aromatic N) is 1. The van der Waals surface area contributed by atoms with Gasteiger partial charge in [-0.05, 0) is 18.6 Å². The van der Waals surface area contributed by atoms with Crippen molar-refractivity contribution in [1.82, 2.24) is 4.98 Å². The number of hydrogen-bond acceptors (Lipinski definition) is 2. The first-order valence-corrected chi connectivity index (χ1v) is 2.40. The molecule has 0 saturated carbocycles. The number of pyridine rings is 1. The molecule has 50 valence electrons. The van der Waals surface area contributed by atoms with Gasteiger partial charge >= 0.3 is 0 Å². The third kappa shape index (κ3) is 1.90. The van der Waals surface area contributed by atoms with Crippen LogP contribution in [0.2, 0.25) is 0 Å². The summed E-state index contributed by atoms with van der Waals surface area (Å²) in [5.74, 6) is 0.257. The van der Waals surface area contributed by atoms with Crippen molar-refractivity contribution in [3.05, 3.63) is 24.0 Å². The average Bonchev–Trinajstić information content (AvgIpc) is 1.77. The van der Waals surface area contributed by atoms with E-state index in [4.69, 9.17) is 5.11 Å². The molecule has 9 heavy (non-hydrogen) atoms. The summed E-state index contributed by atoms with van der Waals surface area (Å²) in [4.78, 5) is 3.70. The lowest BCUT2D eigenvalue weighted by atomic mass is 10.3. The van der Waals surface area contributed by atoms with E-state index in [9.17, 15) is 0 Å². The van der Waals surface area contributed by atoms with Crippen molar-refractivity contribution in [2.75, 3.05) is 0 Å². The minimum atomic E-state index is 0. The van der Waals surface area contributed by atoms with Gasteiger partial charge in [-0.2, -0.15) is 0 Å². The van der Waals surface area contributed by atoms with Gasteiger partial charge < -0.3 is 5.11 Å². The molecule has 0 saturated heterocycles. The van der Waals surface area contributed by atoms with Crippen LogP contribution in [0.15, 0.2) is 18.5 Å². The molecule has 3 heteroatoms. The van der Waals surface area contributed by atoms with Crippen LogP contribution in [0.25, 0.3) is 0 Å². The number of rotatable bonds is 0. The van der Waals surface area contributed by atoms with Gasteiger partial charge in [0.25, 0.3) is 0 Å². The molecular weight excluding hydrogens is 138 g/mol. The molecule has 2 nitrogen and oxygen atoms in total. The molecule has 0 spiro atoms. The van der Waals surface area contributed by atoms with Crippen LogP contribution in [0, 0.1) is 6.92 Å². The molecule has 1 aromatic heterocycles. The molecule has 0 aromatic carbocycles. The van der Waals surface area contributed by atoms with Crippen molar-refractivity contribution in [3.8, 4) is 5.75 Å². The Morgan fingerprint density at radius 1 is 1.56 bits per heavy atom. The summed E-state index contributed by atoms with van der Waals surface area (Å²) >= 11 is 0. The second-order valence-corrected chi connectivity index (χ2v) is 1.66. The van der Waals surface area contributed by atoms with E-state index in [1.807, 2.05) is 6.92 Å². The fourth-order valence-electron chi connectivity index (χ4n) is 0.456. The Labute approximate surface area is 60.0 Å². The van der Waals surface area contributed by atoms with Crippen LogP contribution in [-0.4, -0.2) is 10.1 Å². The van der Waals surface area contributed by atoms with Crippen LogP contribution in [0.4, 0.5) is 0 Å². The standard InChI is InChI=1S/C6H7NO.ClH/c1-5-2-3-7-4-6(5)8;/h2-4,8H,1H3;1H. The Balaban J connectivity index is 0.000000640. The zero-order valence-corrected chi connectivity index (χ0v) is 5.85. The van der Waals surface area contributed by atoms with E-state index in [-0.39, 0.29) is 18.2 Å². The second kappa shape index (κ2) is 3.30. The van der Waals surface area contributed by atoms with Gasteiger partial charge in [-0.15, -0.1) is 12.4 Å². The molecule has 0 unspecified atom stereocenters. The molecule has 1 rings (SSSR count). The fraction of sp³-hybridized carbons (Fsp3) is 0.167. The summed E-state index contributed by atoms with van der Waals surface area (Å²) in [5, 5.41) is 8.86. The Hall–Kier alpha value is -0.760. The summed E-state index contributed by atoms with van der Waals surface area (Å²) in [5.41, 5.74) is 0.861. The van der Waals surface area contributed by atoms with Crippen LogP contribution < -0.4 is 0 Å². The first kappa shape index (κ1) is 8.24. The van der Waals surface area contributed by atoms with Crippen molar-refractivity contribution >= 4 is 12.4 Å². The summed E-state index contributed by atoms with van der Waals surface area (Å²) in [6.45, 7) is 1.83. The third-order valence-electron chi connectivity index (χ3n) is 1.01. The minimum Gasteiger partial charge on any atom is -0.506 e. The molecule has 0 aliphatic carbocycles. The van der Waals surface area contributed by atoms with Gasteiger partial charge in [-0.3, -0.25) is 4.98 Å². The number of halogens is 1. The van der Waals surface area contributed by atoms with E-state index in [2.05, 4.69) is 4.98 Å². The molecule has 0 aliphatic rings. The van der Waals surface area contributed by atoms with Gasteiger partial charge in [0.1, 0.15) is 5.75 Å². The molecule has 0 atom stereocenters. The number of aromatic nitrogens is 1. The Morgan fingerprint density at radius 2 is 2.22 bits per heavy atom. The van der Waals surface area contributed by atoms with E-state index < -0.39 is 0 Å². The molecule has 1 aromatic rings. The van der Waals surface area contributed by atoms with Crippen molar-refractivity contribution in [3.63, 3.8) is 0 Å². The Kier molecular flexibility index (Phi) is 3.02. The maximum absolute atomic E-state index is 8.86. The van der Waals surface area contributed by atoms with Crippen LogP contribution >= 0.6 is 12.4 Å². The van der Waals surface area contributed by atoms with Crippen LogP contribution in [0.1, 0.15) is 5.56 Å². The normalized spacial score (nSPS) is 8.11. The van der Waals surface area contributed by atoms with E-state index in [1.165, 1.54) is 6.20 Å². The summed E-state index contributed by atoms with van der Waals surface area (Å²) in [6, 6.07) is 1.76. The van der Waals surface area contributed by atoms with Gasteiger partial charge in [-0.1, -0.05) is 0 Å². The van der Waals surface area contributed by atoms with Gasteiger partial charge in [0.05, 0.1) is 6.20 Å². The van der Waals surface area contributed by atoms with Crippen molar-refractivity contribution in [1.29, 1.82) is 0 Å².